The number of Topliss-reactive ketones (excluding diaryl/α,β-unsaturated/α-hetero) is 1. The Bertz CT molecular complexity index is 163. The molecule has 0 spiro atoms. The molecule has 0 saturated heterocycles. The van der Waals surface area contributed by atoms with Crippen molar-refractivity contribution in [2.24, 2.45) is 11.8 Å². The van der Waals surface area contributed by atoms with Crippen LogP contribution in [0.3, 0.4) is 0 Å². The average Bonchev–Trinajstić information content (AvgIpc) is 2.12. The Labute approximate surface area is 74.3 Å². The van der Waals surface area contributed by atoms with E-state index < -0.39 is 6.10 Å². The van der Waals surface area contributed by atoms with Gasteiger partial charge < -0.3 is 5.11 Å². The molecule has 1 unspecified atom stereocenters. The smallest absolute Gasteiger partial charge is 0.138 e. The number of hydrogen-bond acceptors (Lipinski definition) is 2. The molecule has 2 nitrogen and oxygen atoms in total. The molecule has 0 radical (unpaired) electrons. The van der Waals surface area contributed by atoms with E-state index in [-0.39, 0.29) is 17.6 Å². The van der Waals surface area contributed by atoms with Crippen molar-refractivity contribution in [1.82, 2.24) is 0 Å². The first-order valence-corrected chi connectivity index (χ1v) is 4.37. The molecule has 0 amide bonds. The van der Waals surface area contributed by atoms with E-state index in [1.165, 1.54) is 0 Å². The van der Waals surface area contributed by atoms with Crippen LogP contribution in [0, 0.1) is 11.8 Å². The van der Waals surface area contributed by atoms with Crippen molar-refractivity contribution in [2.45, 2.75) is 33.3 Å². The minimum atomic E-state index is -0.588. The van der Waals surface area contributed by atoms with Crippen molar-refractivity contribution in [1.29, 1.82) is 0 Å². The molecule has 0 aromatic rings. The first-order valence-electron chi connectivity index (χ1n) is 4.37. The minimum Gasteiger partial charge on any atom is -0.392 e. The summed E-state index contributed by atoms with van der Waals surface area (Å²) >= 11 is 0. The second-order valence-corrected chi connectivity index (χ2v) is 3.19. The second kappa shape index (κ2) is 5.09. The number of ketones is 1. The lowest BCUT2D eigenvalue weighted by atomic mass is 9.89. The molecule has 0 bridgehead atoms. The van der Waals surface area contributed by atoms with Crippen LogP contribution >= 0.6 is 0 Å². The molecule has 0 aliphatic rings. The third-order valence-corrected chi connectivity index (χ3v) is 2.28. The monoisotopic (exact) mass is 170 g/mol. The predicted molar refractivity (Wildman–Crippen MR) is 49.8 cm³/mol. The van der Waals surface area contributed by atoms with Crippen LogP contribution in [0.25, 0.3) is 0 Å². The number of hydrogen-bond donors (Lipinski definition) is 1. The second-order valence-electron chi connectivity index (χ2n) is 3.19. The van der Waals surface area contributed by atoms with Crippen molar-refractivity contribution in [3.63, 3.8) is 0 Å². The molecular weight excluding hydrogens is 152 g/mol. The van der Waals surface area contributed by atoms with E-state index in [4.69, 9.17) is 0 Å². The Morgan fingerprint density at radius 2 is 2.08 bits per heavy atom. The fourth-order valence-electron chi connectivity index (χ4n) is 1.11. The fourth-order valence-corrected chi connectivity index (χ4v) is 1.11. The van der Waals surface area contributed by atoms with E-state index in [1.54, 1.807) is 13.0 Å². The van der Waals surface area contributed by atoms with Crippen LogP contribution in [0.1, 0.15) is 27.2 Å². The lowest BCUT2D eigenvalue weighted by Crippen LogP contribution is -2.29. The van der Waals surface area contributed by atoms with Gasteiger partial charge in [0.2, 0.25) is 0 Å². The number of rotatable bonds is 5. The zero-order valence-electron chi connectivity index (χ0n) is 8.08. The van der Waals surface area contributed by atoms with Crippen LogP contribution < -0.4 is 0 Å². The van der Waals surface area contributed by atoms with E-state index in [9.17, 15) is 9.90 Å². The van der Waals surface area contributed by atoms with Crippen molar-refractivity contribution in [3.8, 4) is 0 Å². The van der Waals surface area contributed by atoms with Crippen molar-refractivity contribution in [3.05, 3.63) is 12.7 Å². The predicted octanol–water partition coefficient (Wildman–Crippen LogP) is 1.78. The highest BCUT2D eigenvalue weighted by Gasteiger charge is 2.23. The zero-order valence-corrected chi connectivity index (χ0v) is 8.08. The maximum Gasteiger partial charge on any atom is 0.138 e. The summed E-state index contributed by atoms with van der Waals surface area (Å²) in [5.74, 6) is -0.185. The fraction of sp³-hybridized carbons (Fsp3) is 0.700. The third-order valence-electron chi connectivity index (χ3n) is 2.28. The average molecular weight is 170 g/mol. The molecule has 0 rings (SSSR count). The molecule has 1 N–H and O–H groups in total. The Morgan fingerprint density at radius 1 is 1.58 bits per heavy atom. The molecule has 0 fully saturated rings. The minimum absolute atomic E-state index is 0.0181. The summed E-state index contributed by atoms with van der Waals surface area (Å²) in [6, 6.07) is 0. The Hall–Kier alpha value is -0.630. The van der Waals surface area contributed by atoms with Crippen LogP contribution in [0.5, 0.6) is 0 Å². The van der Waals surface area contributed by atoms with Gasteiger partial charge in [0.1, 0.15) is 5.78 Å². The van der Waals surface area contributed by atoms with Gasteiger partial charge in [-0.05, 0) is 0 Å². The molecule has 70 valence electrons. The standard InChI is InChI=1S/C10H18O2/c1-5-7(3)10(12)8(4)9(11)6-2/h5,7-8,10,12H,1,6H2,2-4H3/t7?,8-,10-/m0/s1. The SMILES string of the molecule is C=CC(C)[C@H](O)[C@@H](C)C(=O)CC. The highest BCUT2D eigenvalue weighted by atomic mass is 16.3. The van der Waals surface area contributed by atoms with E-state index in [2.05, 4.69) is 6.58 Å². The van der Waals surface area contributed by atoms with Gasteiger partial charge in [0.05, 0.1) is 6.10 Å². The molecule has 0 aliphatic carbocycles. The van der Waals surface area contributed by atoms with Crippen molar-refractivity contribution >= 4 is 5.78 Å². The van der Waals surface area contributed by atoms with Gasteiger partial charge in [-0.25, -0.2) is 0 Å². The Balaban J connectivity index is 4.17. The van der Waals surface area contributed by atoms with Crippen LogP contribution in [0.15, 0.2) is 12.7 Å². The molecule has 3 atom stereocenters. The molecule has 0 aromatic heterocycles. The normalized spacial score (nSPS) is 18.0. The molecular formula is C10H18O2. The first kappa shape index (κ1) is 11.4. The van der Waals surface area contributed by atoms with Gasteiger partial charge in [0.15, 0.2) is 0 Å². The van der Waals surface area contributed by atoms with Gasteiger partial charge in [-0.15, -0.1) is 6.58 Å². The van der Waals surface area contributed by atoms with Gasteiger partial charge in [0, 0.05) is 18.3 Å². The van der Waals surface area contributed by atoms with Crippen molar-refractivity contribution < 1.29 is 9.90 Å². The maximum absolute atomic E-state index is 11.2. The van der Waals surface area contributed by atoms with Gasteiger partial charge in [-0.1, -0.05) is 26.8 Å². The molecule has 0 aliphatic heterocycles. The van der Waals surface area contributed by atoms with Crippen molar-refractivity contribution in [2.75, 3.05) is 0 Å². The third kappa shape index (κ3) is 2.78. The van der Waals surface area contributed by atoms with Crippen LogP contribution in [-0.4, -0.2) is 17.0 Å². The largest absolute Gasteiger partial charge is 0.392 e. The lowest BCUT2D eigenvalue weighted by Gasteiger charge is -2.20. The number of aliphatic hydroxyl groups is 1. The Kier molecular flexibility index (Phi) is 4.83. The highest BCUT2D eigenvalue weighted by molar-refractivity contribution is 5.80. The quantitative estimate of drug-likeness (QED) is 0.639. The number of carbonyl (C=O) groups is 1. The van der Waals surface area contributed by atoms with E-state index in [0.29, 0.717) is 6.42 Å². The van der Waals surface area contributed by atoms with E-state index in [1.807, 2.05) is 13.8 Å². The number of aliphatic hydroxyl groups excluding tert-OH is 1. The molecule has 12 heavy (non-hydrogen) atoms. The number of carbonyl (C=O) groups excluding carboxylic acids is 1. The summed E-state index contributed by atoms with van der Waals surface area (Å²) in [5.41, 5.74) is 0. The molecule has 0 saturated carbocycles. The van der Waals surface area contributed by atoms with Gasteiger partial charge >= 0.3 is 0 Å². The van der Waals surface area contributed by atoms with Crippen LogP contribution in [0.2, 0.25) is 0 Å². The van der Waals surface area contributed by atoms with Gasteiger partial charge in [-0.3, -0.25) is 4.79 Å². The first-order chi connectivity index (χ1) is 5.54. The van der Waals surface area contributed by atoms with Crippen LogP contribution in [0.4, 0.5) is 0 Å². The molecule has 0 aromatic carbocycles. The lowest BCUT2D eigenvalue weighted by molar-refractivity contribution is -0.126. The maximum atomic E-state index is 11.2. The zero-order chi connectivity index (χ0) is 9.72. The summed E-state index contributed by atoms with van der Waals surface area (Å²) < 4.78 is 0. The van der Waals surface area contributed by atoms with Gasteiger partial charge in [-0.2, -0.15) is 0 Å². The van der Waals surface area contributed by atoms with E-state index >= 15 is 0 Å². The Morgan fingerprint density at radius 3 is 2.42 bits per heavy atom. The van der Waals surface area contributed by atoms with Crippen LogP contribution in [-0.2, 0) is 4.79 Å². The molecule has 0 heterocycles. The topological polar surface area (TPSA) is 37.3 Å². The van der Waals surface area contributed by atoms with E-state index in [0.717, 1.165) is 0 Å². The highest BCUT2D eigenvalue weighted by Crippen LogP contribution is 2.15. The summed E-state index contributed by atoms with van der Waals surface area (Å²) in [7, 11) is 0. The molecule has 2 heteroatoms. The summed E-state index contributed by atoms with van der Waals surface area (Å²) in [4.78, 5) is 11.2. The summed E-state index contributed by atoms with van der Waals surface area (Å²) in [6.07, 6.45) is 1.57. The summed E-state index contributed by atoms with van der Waals surface area (Å²) in [5, 5.41) is 9.60. The summed E-state index contributed by atoms with van der Waals surface area (Å²) in [6.45, 7) is 9.01. The van der Waals surface area contributed by atoms with Gasteiger partial charge in [0.25, 0.3) is 0 Å².